The number of rotatable bonds is 9. The number of carboxylic acid groups (broad SMARTS) is 1. The average Bonchev–Trinajstić information content (AvgIpc) is 2.44. The Labute approximate surface area is 122 Å². The highest BCUT2D eigenvalue weighted by atomic mass is 32.2. The van der Waals surface area contributed by atoms with Crippen molar-refractivity contribution in [1.29, 1.82) is 0 Å². The number of aliphatic carboxylic acids is 1. The molecule has 1 rings (SSSR count). The Kier molecular flexibility index (Phi) is 7.75. The Balaban J connectivity index is 2.40. The largest absolute Gasteiger partial charge is 0.480 e. The van der Waals surface area contributed by atoms with Gasteiger partial charge in [-0.15, -0.1) is 11.8 Å². The van der Waals surface area contributed by atoms with Crippen LogP contribution in [0.5, 0.6) is 0 Å². The Bertz CT molecular complexity index is 424. The maximum atomic E-state index is 11.5. The van der Waals surface area contributed by atoms with Gasteiger partial charge in [-0.3, -0.25) is 9.59 Å². The molecular formula is C14H19NO4S. The third kappa shape index (κ3) is 6.58. The zero-order chi connectivity index (χ0) is 14.8. The van der Waals surface area contributed by atoms with Gasteiger partial charge in [0, 0.05) is 13.7 Å². The van der Waals surface area contributed by atoms with E-state index in [4.69, 9.17) is 4.74 Å². The van der Waals surface area contributed by atoms with Gasteiger partial charge in [0.05, 0.1) is 12.4 Å². The molecule has 110 valence electrons. The van der Waals surface area contributed by atoms with E-state index in [9.17, 15) is 14.7 Å². The molecule has 1 aromatic rings. The first-order valence-electron chi connectivity index (χ1n) is 6.27. The van der Waals surface area contributed by atoms with E-state index in [-0.39, 0.29) is 11.7 Å². The molecule has 1 aromatic carbocycles. The second-order valence-electron chi connectivity index (χ2n) is 4.17. The van der Waals surface area contributed by atoms with E-state index in [1.807, 2.05) is 30.3 Å². The van der Waals surface area contributed by atoms with E-state index in [2.05, 4.69) is 5.32 Å². The van der Waals surface area contributed by atoms with E-state index in [1.54, 1.807) is 7.11 Å². The van der Waals surface area contributed by atoms with Gasteiger partial charge in [0.15, 0.2) is 0 Å². The number of hydrogen-bond donors (Lipinski definition) is 2. The van der Waals surface area contributed by atoms with Crippen LogP contribution in [0.3, 0.4) is 0 Å². The molecule has 0 heterocycles. The molecule has 0 bridgehead atoms. The van der Waals surface area contributed by atoms with Crippen molar-refractivity contribution in [1.82, 2.24) is 5.32 Å². The van der Waals surface area contributed by atoms with E-state index in [0.29, 0.717) is 19.6 Å². The highest BCUT2D eigenvalue weighted by Gasteiger charge is 2.19. The summed E-state index contributed by atoms with van der Waals surface area (Å²) >= 11 is 1.14. The van der Waals surface area contributed by atoms with Crippen molar-refractivity contribution >= 4 is 23.6 Å². The molecule has 5 nitrogen and oxygen atoms in total. The topological polar surface area (TPSA) is 75.6 Å². The fourth-order valence-corrected chi connectivity index (χ4v) is 2.47. The summed E-state index contributed by atoms with van der Waals surface area (Å²) in [6.07, 6.45) is 0.409. The Morgan fingerprint density at radius 1 is 1.35 bits per heavy atom. The zero-order valence-corrected chi connectivity index (χ0v) is 12.2. The fraction of sp³-hybridized carbons (Fsp3) is 0.429. The fourth-order valence-electron chi connectivity index (χ4n) is 1.57. The summed E-state index contributed by atoms with van der Waals surface area (Å²) in [6, 6.07) is 9.40. The Hall–Kier alpha value is -1.53. The number of nitrogens with one attached hydrogen (secondary N) is 1. The van der Waals surface area contributed by atoms with Crippen LogP contribution in [0.25, 0.3) is 0 Å². The van der Waals surface area contributed by atoms with Crippen LogP contribution in [0.2, 0.25) is 0 Å². The smallest absolute Gasteiger partial charge is 0.316 e. The van der Waals surface area contributed by atoms with Crippen LogP contribution in [-0.2, 0) is 20.7 Å². The summed E-state index contributed by atoms with van der Waals surface area (Å²) in [5, 5.41) is 11.2. The van der Waals surface area contributed by atoms with Crippen molar-refractivity contribution in [3.63, 3.8) is 0 Å². The summed E-state index contributed by atoms with van der Waals surface area (Å²) in [4.78, 5) is 22.7. The monoisotopic (exact) mass is 297 g/mol. The number of benzene rings is 1. The zero-order valence-electron chi connectivity index (χ0n) is 11.4. The second-order valence-corrected chi connectivity index (χ2v) is 5.36. The van der Waals surface area contributed by atoms with Gasteiger partial charge in [-0.2, -0.15) is 0 Å². The molecular weight excluding hydrogens is 278 g/mol. The average molecular weight is 297 g/mol. The first kappa shape index (κ1) is 16.5. The molecule has 1 atom stereocenters. The van der Waals surface area contributed by atoms with Crippen LogP contribution in [0, 0.1) is 0 Å². The molecule has 0 aromatic heterocycles. The molecule has 0 saturated carbocycles. The van der Waals surface area contributed by atoms with Gasteiger partial charge in [-0.25, -0.2) is 0 Å². The number of methoxy groups -OCH3 is 1. The third-order valence-electron chi connectivity index (χ3n) is 2.58. The maximum Gasteiger partial charge on any atom is 0.316 e. The quantitative estimate of drug-likeness (QED) is 0.669. The molecule has 20 heavy (non-hydrogen) atoms. The number of thioether (sulfide) groups is 1. The molecule has 0 aliphatic rings. The van der Waals surface area contributed by atoms with E-state index in [1.165, 1.54) is 0 Å². The summed E-state index contributed by atoms with van der Waals surface area (Å²) in [5.74, 6) is -0.942. The van der Waals surface area contributed by atoms with Gasteiger partial charge in [0.1, 0.15) is 5.25 Å². The van der Waals surface area contributed by atoms with Crippen LogP contribution in [0.15, 0.2) is 30.3 Å². The van der Waals surface area contributed by atoms with Crippen LogP contribution in [0.4, 0.5) is 0 Å². The minimum atomic E-state index is -0.899. The normalized spacial score (nSPS) is 11.8. The lowest BCUT2D eigenvalue weighted by Gasteiger charge is -2.12. The van der Waals surface area contributed by atoms with Crippen molar-refractivity contribution in [3.05, 3.63) is 35.9 Å². The number of carbonyl (C=O) groups excluding carboxylic acids is 1. The van der Waals surface area contributed by atoms with Crippen molar-refractivity contribution in [2.75, 3.05) is 26.0 Å². The van der Waals surface area contributed by atoms with Crippen LogP contribution < -0.4 is 5.32 Å². The van der Waals surface area contributed by atoms with Crippen molar-refractivity contribution in [2.45, 2.75) is 11.7 Å². The Morgan fingerprint density at radius 3 is 2.65 bits per heavy atom. The van der Waals surface area contributed by atoms with E-state index >= 15 is 0 Å². The molecule has 0 fully saturated rings. The van der Waals surface area contributed by atoms with Crippen LogP contribution >= 0.6 is 11.8 Å². The molecule has 1 amide bonds. The lowest BCUT2D eigenvalue weighted by atomic mass is 10.1. The number of amides is 1. The standard InChI is InChI=1S/C14H19NO4S/c1-19-8-7-15-13(16)10-20-12(14(17)18)9-11-5-3-2-4-6-11/h2-6,12H,7-10H2,1H3,(H,15,16)(H,17,18). The molecule has 0 aliphatic carbocycles. The Morgan fingerprint density at radius 2 is 2.05 bits per heavy atom. The highest BCUT2D eigenvalue weighted by molar-refractivity contribution is 8.01. The van der Waals surface area contributed by atoms with Crippen molar-refractivity contribution in [2.24, 2.45) is 0 Å². The first-order valence-corrected chi connectivity index (χ1v) is 7.32. The van der Waals surface area contributed by atoms with E-state index in [0.717, 1.165) is 17.3 Å². The SMILES string of the molecule is COCCNC(=O)CSC(Cc1ccccc1)C(=O)O. The van der Waals surface area contributed by atoms with Gasteiger partial charge in [-0.05, 0) is 12.0 Å². The molecule has 0 saturated heterocycles. The minimum Gasteiger partial charge on any atom is -0.480 e. The molecule has 0 aliphatic heterocycles. The lowest BCUT2D eigenvalue weighted by molar-refractivity contribution is -0.136. The molecule has 2 N–H and O–H groups in total. The number of ether oxygens (including phenoxy) is 1. The van der Waals surface area contributed by atoms with Crippen molar-refractivity contribution < 1.29 is 19.4 Å². The summed E-state index contributed by atoms with van der Waals surface area (Å²) in [5.41, 5.74) is 0.951. The predicted octanol–water partition coefficient (Wildman–Crippen LogP) is 1.18. The number of carboxylic acids is 1. The van der Waals surface area contributed by atoms with Crippen molar-refractivity contribution in [3.8, 4) is 0 Å². The van der Waals surface area contributed by atoms with Crippen LogP contribution in [-0.4, -0.2) is 48.2 Å². The van der Waals surface area contributed by atoms with Crippen LogP contribution in [0.1, 0.15) is 5.56 Å². The van der Waals surface area contributed by atoms with Gasteiger partial charge in [0.2, 0.25) is 5.91 Å². The third-order valence-corrected chi connectivity index (χ3v) is 3.78. The van der Waals surface area contributed by atoms with Gasteiger partial charge in [0.25, 0.3) is 0 Å². The maximum absolute atomic E-state index is 11.5. The van der Waals surface area contributed by atoms with Gasteiger partial charge in [-0.1, -0.05) is 30.3 Å². The first-order chi connectivity index (χ1) is 9.63. The molecule has 1 unspecified atom stereocenters. The van der Waals surface area contributed by atoms with Gasteiger partial charge < -0.3 is 15.2 Å². The van der Waals surface area contributed by atoms with E-state index < -0.39 is 11.2 Å². The highest BCUT2D eigenvalue weighted by Crippen LogP contribution is 2.16. The number of carbonyl (C=O) groups is 2. The summed E-state index contributed by atoms with van der Waals surface area (Å²) < 4.78 is 4.82. The second kappa shape index (κ2) is 9.39. The molecule has 0 spiro atoms. The minimum absolute atomic E-state index is 0.132. The van der Waals surface area contributed by atoms with Gasteiger partial charge >= 0.3 is 5.97 Å². The molecule has 0 radical (unpaired) electrons. The number of hydrogen-bond acceptors (Lipinski definition) is 4. The molecule has 6 heteroatoms. The summed E-state index contributed by atoms with van der Waals surface area (Å²) in [7, 11) is 1.56. The summed E-state index contributed by atoms with van der Waals surface area (Å²) in [6.45, 7) is 0.884. The lowest BCUT2D eigenvalue weighted by Crippen LogP contribution is -2.30. The predicted molar refractivity (Wildman–Crippen MR) is 78.9 cm³/mol.